The van der Waals surface area contributed by atoms with Crippen LogP contribution in [-0.4, -0.2) is 25.0 Å². The van der Waals surface area contributed by atoms with Crippen LogP contribution in [0.25, 0.3) is 0 Å². The van der Waals surface area contributed by atoms with Gasteiger partial charge < -0.3 is 10.2 Å². The SMILES string of the molecule is O=C(CNC1CC1)N1CCCc2ccccc21. The van der Waals surface area contributed by atoms with E-state index in [9.17, 15) is 4.79 Å². The summed E-state index contributed by atoms with van der Waals surface area (Å²) in [6.07, 6.45) is 4.62. The zero-order valence-electron chi connectivity index (χ0n) is 9.98. The van der Waals surface area contributed by atoms with Gasteiger partial charge in [0, 0.05) is 18.3 Å². The first-order valence-electron chi connectivity index (χ1n) is 6.46. The number of amides is 1. The Balaban J connectivity index is 1.72. The first kappa shape index (κ1) is 10.8. The summed E-state index contributed by atoms with van der Waals surface area (Å²) in [6.45, 7) is 1.35. The molecule has 1 N–H and O–H groups in total. The lowest BCUT2D eigenvalue weighted by Gasteiger charge is -2.29. The summed E-state index contributed by atoms with van der Waals surface area (Å²) in [4.78, 5) is 14.1. The standard InChI is InChI=1S/C14H18N2O/c17-14(10-15-12-7-8-12)16-9-3-5-11-4-1-2-6-13(11)16/h1-2,4,6,12,15H,3,5,7-10H2. The normalized spacial score (nSPS) is 18.9. The highest BCUT2D eigenvalue weighted by Gasteiger charge is 2.25. The number of nitrogens with zero attached hydrogens (tertiary/aromatic N) is 1. The number of rotatable bonds is 3. The van der Waals surface area contributed by atoms with Gasteiger partial charge in [-0.15, -0.1) is 0 Å². The van der Waals surface area contributed by atoms with Crippen molar-refractivity contribution in [3.63, 3.8) is 0 Å². The minimum Gasteiger partial charge on any atom is -0.311 e. The number of hydrogen-bond donors (Lipinski definition) is 1. The zero-order chi connectivity index (χ0) is 11.7. The van der Waals surface area contributed by atoms with Crippen molar-refractivity contribution in [2.45, 2.75) is 31.7 Å². The summed E-state index contributed by atoms with van der Waals surface area (Å²) in [6, 6.07) is 8.85. The highest BCUT2D eigenvalue weighted by atomic mass is 16.2. The average Bonchev–Trinajstić information content (AvgIpc) is 3.19. The van der Waals surface area contributed by atoms with Gasteiger partial charge in [0.2, 0.25) is 5.91 Å². The molecule has 17 heavy (non-hydrogen) atoms. The molecule has 1 saturated carbocycles. The van der Waals surface area contributed by atoms with E-state index in [1.807, 2.05) is 11.0 Å². The molecular formula is C14H18N2O. The van der Waals surface area contributed by atoms with E-state index in [4.69, 9.17) is 0 Å². The second-order valence-electron chi connectivity index (χ2n) is 4.93. The van der Waals surface area contributed by atoms with Crippen LogP contribution < -0.4 is 10.2 Å². The van der Waals surface area contributed by atoms with Gasteiger partial charge in [-0.25, -0.2) is 0 Å². The molecule has 2 aliphatic rings. The summed E-state index contributed by atoms with van der Waals surface area (Å²) < 4.78 is 0. The van der Waals surface area contributed by atoms with Crippen LogP contribution >= 0.6 is 0 Å². The van der Waals surface area contributed by atoms with E-state index in [1.54, 1.807) is 0 Å². The second kappa shape index (κ2) is 4.49. The molecule has 0 spiro atoms. The van der Waals surface area contributed by atoms with Gasteiger partial charge in [0.25, 0.3) is 0 Å². The van der Waals surface area contributed by atoms with Gasteiger partial charge in [-0.05, 0) is 37.3 Å². The van der Waals surface area contributed by atoms with Gasteiger partial charge in [0.05, 0.1) is 6.54 Å². The van der Waals surface area contributed by atoms with Gasteiger partial charge in [-0.1, -0.05) is 18.2 Å². The minimum atomic E-state index is 0.212. The van der Waals surface area contributed by atoms with Crippen molar-refractivity contribution < 1.29 is 4.79 Å². The molecule has 3 heteroatoms. The van der Waals surface area contributed by atoms with Gasteiger partial charge in [-0.2, -0.15) is 0 Å². The number of para-hydroxylation sites is 1. The Labute approximate surface area is 102 Å². The Morgan fingerprint density at radius 3 is 3.00 bits per heavy atom. The Hall–Kier alpha value is -1.35. The highest BCUT2D eigenvalue weighted by Crippen LogP contribution is 2.26. The van der Waals surface area contributed by atoms with Crippen LogP contribution in [-0.2, 0) is 11.2 Å². The van der Waals surface area contributed by atoms with Crippen LogP contribution in [0.5, 0.6) is 0 Å². The molecule has 0 atom stereocenters. The number of anilines is 1. The number of aryl methyl sites for hydroxylation is 1. The fraction of sp³-hybridized carbons (Fsp3) is 0.500. The summed E-state index contributed by atoms with van der Waals surface area (Å²) in [5.74, 6) is 0.212. The van der Waals surface area contributed by atoms with E-state index in [0.717, 1.165) is 25.1 Å². The molecular weight excluding hydrogens is 212 g/mol. The number of nitrogens with one attached hydrogen (secondary N) is 1. The van der Waals surface area contributed by atoms with E-state index in [-0.39, 0.29) is 5.91 Å². The average molecular weight is 230 g/mol. The van der Waals surface area contributed by atoms with Crippen LogP contribution in [0.4, 0.5) is 5.69 Å². The first-order chi connectivity index (χ1) is 8.34. The number of hydrogen-bond acceptors (Lipinski definition) is 2. The van der Waals surface area contributed by atoms with Crippen molar-refractivity contribution in [3.8, 4) is 0 Å². The fourth-order valence-corrected chi connectivity index (χ4v) is 2.41. The Kier molecular flexibility index (Phi) is 2.85. The number of benzene rings is 1. The molecule has 0 saturated heterocycles. The van der Waals surface area contributed by atoms with Crippen molar-refractivity contribution in [1.82, 2.24) is 5.32 Å². The minimum absolute atomic E-state index is 0.212. The molecule has 1 fully saturated rings. The van der Waals surface area contributed by atoms with Crippen LogP contribution in [0.1, 0.15) is 24.8 Å². The second-order valence-corrected chi connectivity index (χ2v) is 4.93. The van der Waals surface area contributed by atoms with Crippen molar-refractivity contribution in [2.75, 3.05) is 18.0 Å². The summed E-state index contributed by atoms with van der Waals surface area (Å²) in [5, 5.41) is 3.29. The molecule has 0 aromatic heterocycles. The van der Waals surface area contributed by atoms with Crippen molar-refractivity contribution in [3.05, 3.63) is 29.8 Å². The fourth-order valence-electron chi connectivity index (χ4n) is 2.41. The lowest BCUT2D eigenvalue weighted by molar-refractivity contribution is -0.117. The Morgan fingerprint density at radius 1 is 1.35 bits per heavy atom. The van der Waals surface area contributed by atoms with Crippen molar-refractivity contribution in [1.29, 1.82) is 0 Å². The third-order valence-corrected chi connectivity index (χ3v) is 3.53. The molecule has 0 unspecified atom stereocenters. The van der Waals surface area contributed by atoms with E-state index < -0.39 is 0 Å². The Bertz CT molecular complexity index is 426. The largest absolute Gasteiger partial charge is 0.311 e. The number of carbonyl (C=O) groups excluding carboxylic acids is 1. The van der Waals surface area contributed by atoms with E-state index in [1.165, 1.54) is 18.4 Å². The van der Waals surface area contributed by atoms with Gasteiger partial charge in [-0.3, -0.25) is 4.79 Å². The maximum Gasteiger partial charge on any atom is 0.240 e. The molecule has 90 valence electrons. The molecule has 1 heterocycles. The smallest absolute Gasteiger partial charge is 0.240 e. The molecule has 3 nitrogen and oxygen atoms in total. The van der Waals surface area contributed by atoms with Crippen molar-refractivity contribution >= 4 is 11.6 Å². The lowest BCUT2D eigenvalue weighted by Crippen LogP contribution is -2.41. The zero-order valence-corrected chi connectivity index (χ0v) is 9.98. The van der Waals surface area contributed by atoms with Gasteiger partial charge in [0.15, 0.2) is 0 Å². The van der Waals surface area contributed by atoms with E-state index in [2.05, 4.69) is 23.5 Å². The maximum absolute atomic E-state index is 12.2. The van der Waals surface area contributed by atoms with Crippen LogP contribution in [0.15, 0.2) is 24.3 Å². The third-order valence-electron chi connectivity index (χ3n) is 3.53. The topological polar surface area (TPSA) is 32.3 Å². The summed E-state index contributed by atoms with van der Waals surface area (Å²) in [7, 11) is 0. The summed E-state index contributed by atoms with van der Waals surface area (Å²) >= 11 is 0. The quantitative estimate of drug-likeness (QED) is 0.857. The lowest BCUT2D eigenvalue weighted by atomic mass is 10.0. The third kappa shape index (κ3) is 2.34. The predicted octanol–water partition coefficient (Wildman–Crippen LogP) is 1.72. The molecule has 1 aliphatic carbocycles. The Morgan fingerprint density at radius 2 is 2.18 bits per heavy atom. The molecule has 0 radical (unpaired) electrons. The van der Waals surface area contributed by atoms with Crippen LogP contribution in [0.2, 0.25) is 0 Å². The first-order valence-corrected chi connectivity index (χ1v) is 6.46. The molecule has 1 amide bonds. The molecule has 1 aromatic carbocycles. The molecule has 0 bridgehead atoms. The molecule has 1 aliphatic heterocycles. The van der Waals surface area contributed by atoms with E-state index in [0.29, 0.717) is 12.6 Å². The summed E-state index contributed by atoms with van der Waals surface area (Å²) in [5.41, 5.74) is 2.42. The van der Waals surface area contributed by atoms with Gasteiger partial charge in [0.1, 0.15) is 0 Å². The molecule has 1 aromatic rings. The predicted molar refractivity (Wildman–Crippen MR) is 68.1 cm³/mol. The van der Waals surface area contributed by atoms with Crippen molar-refractivity contribution in [2.24, 2.45) is 0 Å². The number of fused-ring (bicyclic) bond motifs is 1. The van der Waals surface area contributed by atoms with E-state index >= 15 is 0 Å². The number of carbonyl (C=O) groups is 1. The van der Waals surface area contributed by atoms with Crippen LogP contribution in [0.3, 0.4) is 0 Å². The monoisotopic (exact) mass is 230 g/mol. The molecule has 3 rings (SSSR count). The maximum atomic E-state index is 12.2. The highest BCUT2D eigenvalue weighted by molar-refractivity contribution is 5.95. The van der Waals surface area contributed by atoms with Crippen LogP contribution in [0, 0.1) is 0 Å². The van der Waals surface area contributed by atoms with Gasteiger partial charge >= 0.3 is 0 Å².